The molecule has 0 unspecified atom stereocenters. The maximum atomic E-state index is 5.59. The second-order valence-corrected chi connectivity index (χ2v) is 5.43. The predicted octanol–water partition coefficient (Wildman–Crippen LogP) is 3.19. The maximum Gasteiger partial charge on any atom is 0.162 e. The van der Waals surface area contributed by atoms with Crippen LogP contribution in [-0.4, -0.2) is 25.2 Å². The SMILES string of the molecule is CNc1ccnc(CSc2ccc3c(c2)OCCO3)c1. The molecule has 0 atom stereocenters. The van der Waals surface area contributed by atoms with Gasteiger partial charge in [-0.3, -0.25) is 4.98 Å². The Morgan fingerprint density at radius 1 is 1.15 bits per heavy atom. The van der Waals surface area contributed by atoms with E-state index < -0.39 is 0 Å². The van der Waals surface area contributed by atoms with E-state index in [4.69, 9.17) is 9.47 Å². The van der Waals surface area contributed by atoms with Crippen LogP contribution in [0.1, 0.15) is 5.69 Å². The second kappa shape index (κ2) is 6.05. The van der Waals surface area contributed by atoms with Gasteiger partial charge in [-0.25, -0.2) is 0 Å². The van der Waals surface area contributed by atoms with Crippen molar-refractivity contribution in [2.45, 2.75) is 10.6 Å². The summed E-state index contributed by atoms with van der Waals surface area (Å²) in [5, 5.41) is 3.12. The first-order valence-electron chi connectivity index (χ1n) is 6.50. The van der Waals surface area contributed by atoms with Gasteiger partial charge in [-0.05, 0) is 30.3 Å². The number of aromatic nitrogens is 1. The molecule has 104 valence electrons. The molecule has 0 amide bonds. The molecule has 0 fully saturated rings. The van der Waals surface area contributed by atoms with Gasteiger partial charge in [0.05, 0.1) is 5.69 Å². The number of fused-ring (bicyclic) bond motifs is 1. The summed E-state index contributed by atoms with van der Waals surface area (Å²) in [6.45, 7) is 1.24. The number of hydrogen-bond acceptors (Lipinski definition) is 5. The lowest BCUT2D eigenvalue weighted by molar-refractivity contribution is 0.171. The standard InChI is InChI=1S/C15H16N2O2S/c1-16-11-4-5-17-12(8-11)10-20-13-2-3-14-15(9-13)19-7-6-18-14/h2-5,8-9H,6-7,10H2,1H3,(H,16,17). The summed E-state index contributed by atoms with van der Waals surface area (Å²) < 4.78 is 11.1. The Kier molecular flexibility index (Phi) is 3.97. The molecule has 0 saturated heterocycles. The highest BCUT2D eigenvalue weighted by molar-refractivity contribution is 7.98. The van der Waals surface area contributed by atoms with Gasteiger partial charge in [-0.2, -0.15) is 0 Å². The number of hydrogen-bond donors (Lipinski definition) is 1. The van der Waals surface area contributed by atoms with Crippen LogP contribution >= 0.6 is 11.8 Å². The minimum absolute atomic E-state index is 0.618. The molecule has 4 nitrogen and oxygen atoms in total. The van der Waals surface area contributed by atoms with E-state index in [9.17, 15) is 0 Å². The number of ether oxygens (including phenoxy) is 2. The van der Waals surface area contributed by atoms with Crippen molar-refractivity contribution in [1.82, 2.24) is 4.98 Å². The van der Waals surface area contributed by atoms with E-state index in [1.807, 2.05) is 31.4 Å². The summed E-state index contributed by atoms with van der Waals surface area (Å²) in [7, 11) is 1.91. The highest BCUT2D eigenvalue weighted by Gasteiger charge is 2.11. The normalized spacial score (nSPS) is 13.1. The van der Waals surface area contributed by atoms with E-state index in [0.29, 0.717) is 13.2 Å². The Morgan fingerprint density at radius 3 is 2.85 bits per heavy atom. The van der Waals surface area contributed by atoms with E-state index in [2.05, 4.69) is 22.4 Å². The zero-order chi connectivity index (χ0) is 13.8. The summed E-state index contributed by atoms with van der Waals surface area (Å²) in [5.41, 5.74) is 2.13. The minimum Gasteiger partial charge on any atom is -0.486 e. The lowest BCUT2D eigenvalue weighted by Gasteiger charge is -2.18. The maximum absolute atomic E-state index is 5.59. The Labute approximate surface area is 122 Å². The molecule has 0 aliphatic carbocycles. The van der Waals surface area contributed by atoms with Gasteiger partial charge in [-0.1, -0.05) is 0 Å². The highest BCUT2D eigenvalue weighted by atomic mass is 32.2. The molecule has 0 bridgehead atoms. The Morgan fingerprint density at radius 2 is 2.00 bits per heavy atom. The van der Waals surface area contributed by atoms with Crippen molar-refractivity contribution >= 4 is 17.4 Å². The van der Waals surface area contributed by atoms with Crippen LogP contribution in [0.4, 0.5) is 5.69 Å². The lowest BCUT2D eigenvalue weighted by atomic mass is 10.3. The first kappa shape index (κ1) is 13.1. The third-order valence-electron chi connectivity index (χ3n) is 3.01. The van der Waals surface area contributed by atoms with Gasteiger partial charge in [0.2, 0.25) is 0 Å². The highest BCUT2D eigenvalue weighted by Crippen LogP contribution is 2.35. The molecule has 0 spiro atoms. The molecule has 2 aromatic rings. The van der Waals surface area contributed by atoms with Crippen molar-refractivity contribution < 1.29 is 9.47 Å². The summed E-state index contributed by atoms with van der Waals surface area (Å²) in [6, 6.07) is 10.1. The predicted molar refractivity (Wildman–Crippen MR) is 80.8 cm³/mol. The fourth-order valence-corrected chi connectivity index (χ4v) is 2.81. The van der Waals surface area contributed by atoms with Gasteiger partial charge >= 0.3 is 0 Å². The second-order valence-electron chi connectivity index (χ2n) is 4.38. The summed E-state index contributed by atoms with van der Waals surface area (Å²) >= 11 is 1.74. The van der Waals surface area contributed by atoms with Crippen molar-refractivity contribution in [1.29, 1.82) is 0 Å². The number of nitrogens with zero attached hydrogens (tertiary/aromatic N) is 1. The molecular formula is C15H16N2O2S. The molecule has 0 saturated carbocycles. The zero-order valence-corrected chi connectivity index (χ0v) is 12.1. The van der Waals surface area contributed by atoms with Crippen molar-refractivity contribution in [3.05, 3.63) is 42.2 Å². The van der Waals surface area contributed by atoms with Crippen LogP contribution in [0.15, 0.2) is 41.4 Å². The molecule has 3 rings (SSSR count). The minimum atomic E-state index is 0.618. The summed E-state index contributed by atoms with van der Waals surface area (Å²) in [4.78, 5) is 5.53. The van der Waals surface area contributed by atoms with Crippen molar-refractivity contribution in [2.24, 2.45) is 0 Å². The zero-order valence-electron chi connectivity index (χ0n) is 11.3. The van der Waals surface area contributed by atoms with Crippen LogP contribution in [0, 0.1) is 0 Å². The monoisotopic (exact) mass is 288 g/mol. The fourth-order valence-electron chi connectivity index (χ4n) is 1.98. The van der Waals surface area contributed by atoms with E-state index in [0.717, 1.165) is 33.5 Å². The van der Waals surface area contributed by atoms with Crippen LogP contribution in [0.25, 0.3) is 0 Å². The third kappa shape index (κ3) is 2.99. The molecule has 5 heteroatoms. The van der Waals surface area contributed by atoms with Gasteiger partial charge in [-0.15, -0.1) is 11.8 Å². The summed E-state index contributed by atoms with van der Waals surface area (Å²) in [6.07, 6.45) is 1.82. The molecule has 1 aliphatic heterocycles. The van der Waals surface area contributed by atoms with Crippen molar-refractivity contribution in [2.75, 3.05) is 25.6 Å². The number of rotatable bonds is 4. The lowest BCUT2D eigenvalue weighted by Crippen LogP contribution is -2.15. The molecule has 1 aliphatic rings. The third-order valence-corrected chi connectivity index (χ3v) is 4.03. The van der Waals surface area contributed by atoms with Crippen LogP contribution in [-0.2, 0) is 5.75 Å². The van der Waals surface area contributed by atoms with Gasteiger partial charge in [0, 0.05) is 29.6 Å². The average Bonchev–Trinajstić information content (AvgIpc) is 2.53. The Hall–Kier alpha value is -1.88. The van der Waals surface area contributed by atoms with E-state index in [-0.39, 0.29) is 0 Å². The first-order valence-corrected chi connectivity index (χ1v) is 7.49. The average molecular weight is 288 g/mol. The van der Waals surface area contributed by atoms with Gasteiger partial charge in [0.25, 0.3) is 0 Å². The molecular weight excluding hydrogens is 272 g/mol. The largest absolute Gasteiger partial charge is 0.486 e. The van der Waals surface area contributed by atoms with Crippen LogP contribution in [0.3, 0.4) is 0 Å². The molecule has 1 aromatic heterocycles. The quantitative estimate of drug-likeness (QED) is 0.875. The molecule has 20 heavy (non-hydrogen) atoms. The topological polar surface area (TPSA) is 43.4 Å². The van der Waals surface area contributed by atoms with Crippen molar-refractivity contribution in [3.63, 3.8) is 0 Å². The van der Waals surface area contributed by atoms with E-state index in [1.54, 1.807) is 11.8 Å². The molecule has 2 heterocycles. The van der Waals surface area contributed by atoms with Crippen LogP contribution in [0.5, 0.6) is 11.5 Å². The number of thioether (sulfide) groups is 1. The fraction of sp³-hybridized carbons (Fsp3) is 0.267. The van der Waals surface area contributed by atoms with E-state index in [1.165, 1.54) is 0 Å². The number of pyridine rings is 1. The number of nitrogens with one attached hydrogen (secondary N) is 1. The van der Waals surface area contributed by atoms with Crippen LogP contribution < -0.4 is 14.8 Å². The number of benzene rings is 1. The smallest absolute Gasteiger partial charge is 0.162 e. The Balaban J connectivity index is 1.68. The first-order chi connectivity index (χ1) is 9.85. The van der Waals surface area contributed by atoms with Crippen LogP contribution in [0.2, 0.25) is 0 Å². The summed E-state index contributed by atoms with van der Waals surface area (Å²) in [5.74, 6) is 2.49. The van der Waals surface area contributed by atoms with Crippen molar-refractivity contribution in [3.8, 4) is 11.5 Å². The van der Waals surface area contributed by atoms with Gasteiger partial charge in [0.1, 0.15) is 13.2 Å². The van der Waals surface area contributed by atoms with Gasteiger partial charge in [0.15, 0.2) is 11.5 Å². The molecule has 0 radical (unpaired) electrons. The molecule has 1 N–H and O–H groups in total. The Bertz CT molecular complexity index is 604. The van der Waals surface area contributed by atoms with E-state index >= 15 is 0 Å². The number of anilines is 1. The molecule has 1 aromatic carbocycles. The van der Waals surface area contributed by atoms with Gasteiger partial charge < -0.3 is 14.8 Å².